The topological polar surface area (TPSA) is 160 Å². The molecule has 0 saturated carbocycles. The maximum Gasteiger partial charge on any atom is 0.275 e. The Labute approximate surface area is 251 Å². The minimum Gasteiger partial charge on any atom is -0.497 e. The van der Waals surface area contributed by atoms with E-state index in [2.05, 4.69) is 21.7 Å². The number of Topliss-reactive ketones (excluding diaryl/α,β-unsaturated/α-hetero) is 1. The number of ketones is 1. The Kier molecular flexibility index (Phi) is 11.2. The van der Waals surface area contributed by atoms with E-state index in [1.165, 1.54) is 14.0 Å². The SMILES string of the molecule is COc1ccc([C@@H](O)C(C=NC(=O)[C@H](C)NC(=O)C[NH+]2CCOCC2)C(=O)N[C@@H](CC2=CCCC2)C(=O)[C@@]2(C)CO2)cc1. The van der Waals surface area contributed by atoms with Crippen molar-refractivity contribution >= 4 is 29.7 Å². The average Bonchev–Trinajstić information content (AvgIpc) is 3.54. The largest absolute Gasteiger partial charge is 0.497 e. The molecule has 12 heteroatoms. The minimum absolute atomic E-state index is 0.209. The molecule has 2 heterocycles. The summed E-state index contributed by atoms with van der Waals surface area (Å²) in [6, 6.07) is 4.71. The lowest BCUT2D eigenvalue weighted by atomic mass is 9.92. The number of amides is 3. The number of methoxy groups -OCH3 is 1. The van der Waals surface area contributed by atoms with Crippen molar-refractivity contribution in [3.8, 4) is 5.75 Å². The van der Waals surface area contributed by atoms with E-state index in [9.17, 15) is 24.3 Å². The van der Waals surface area contributed by atoms with Crippen LogP contribution in [0, 0.1) is 5.92 Å². The van der Waals surface area contributed by atoms with Crippen LogP contribution in [0.4, 0.5) is 0 Å². The Balaban J connectivity index is 1.49. The summed E-state index contributed by atoms with van der Waals surface area (Å²) in [5.41, 5.74) is 0.526. The van der Waals surface area contributed by atoms with Crippen molar-refractivity contribution < 1.29 is 43.4 Å². The van der Waals surface area contributed by atoms with Crippen molar-refractivity contribution in [3.63, 3.8) is 0 Å². The number of aliphatic hydroxyl groups excluding tert-OH is 1. The molecule has 1 aromatic rings. The normalized spacial score (nSPS) is 23.1. The van der Waals surface area contributed by atoms with Crippen molar-refractivity contribution in [1.29, 1.82) is 0 Å². The van der Waals surface area contributed by atoms with Crippen LogP contribution in [0.25, 0.3) is 0 Å². The number of morpholine rings is 1. The molecule has 1 aromatic carbocycles. The predicted molar refractivity (Wildman–Crippen MR) is 157 cm³/mol. The monoisotopic (exact) mass is 599 g/mol. The lowest BCUT2D eigenvalue weighted by Crippen LogP contribution is -3.15. The number of carbonyl (C=O) groups is 4. The number of hydrogen-bond donors (Lipinski definition) is 4. The van der Waals surface area contributed by atoms with Gasteiger partial charge in [-0.1, -0.05) is 23.8 Å². The lowest BCUT2D eigenvalue weighted by molar-refractivity contribution is -0.900. The van der Waals surface area contributed by atoms with Crippen LogP contribution in [-0.2, 0) is 28.7 Å². The molecule has 3 aliphatic rings. The molecule has 0 spiro atoms. The second-order valence-electron chi connectivity index (χ2n) is 11.6. The van der Waals surface area contributed by atoms with Gasteiger partial charge in [0.1, 0.15) is 36.4 Å². The summed E-state index contributed by atoms with van der Waals surface area (Å²) < 4.78 is 15.9. The van der Waals surface area contributed by atoms with Crippen LogP contribution in [0.2, 0.25) is 0 Å². The van der Waals surface area contributed by atoms with Crippen LogP contribution in [0.5, 0.6) is 5.75 Å². The number of allylic oxidation sites excluding steroid dienone is 1. The van der Waals surface area contributed by atoms with Gasteiger partial charge in [-0.05, 0) is 57.2 Å². The third-order valence-corrected chi connectivity index (χ3v) is 8.15. The molecular weight excluding hydrogens is 556 g/mol. The van der Waals surface area contributed by atoms with E-state index in [0.29, 0.717) is 44.0 Å². The molecule has 0 bridgehead atoms. The van der Waals surface area contributed by atoms with Gasteiger partial charge in [-0.15, -0.1) is 0 Å². The summed E-state index contributed by atoms with van der Waals surface area (Å²) in [6.07, 6.45) is 4.91. The van der Waals surface area contributed by atoms with Gasteiger partial charge in [0.15, 0.2) is 12.3 Å². The predicted octanol–water partition coefficient (Wildman–Crippen LogP) is -0.295. The maximum absolute atomic E-state index is 13.7. The number of nitrogens with zero attached hydrogens (tertiary/aromatic N) is 1. The Hall–Kier alpha value is -3.45. The number of hydrogen-bond acceptors (Lipinski definition) is 8. The number of epoxide rings is 1. The number of benzene rings is 1. The molecule has 2 aliphatic heterocycles. The lowest BCUT2D eigenvalue weighted by Gasteiger charge is -2.25. The molecule has 1 unspecified atom stereocenters. The van der Waals surface area contributed by atoms with Gasteiger partial charge in [0.2, 0.25) is 5.91 Å². The maximum atomic E-state index is 13.7. The molecule has 12 nitrogen and oxygen atoms in total. The molecule has 4 rings (SSSR count). The smallest absolute Gasteiger partial charge is 0.275 e. The molecule has 4 N–H and O–H groups in total. The van der Waals surface area contributed by atoms with E-state index < -0.39 is 41.5 Å². The Bertz CT molecular complexity index is 1220. The second kappa shape index (κ2) is 14.8. The van der Waals surface area contributed by atoms with E-state index in [-0.39, 0.29) is 24.8 Å². The molecule has 2 saturated heterocycles. The highest BCUT2D eigenvalue weighted by Crippen LogP contribution is 2.32. The fourth-order valence-electron chi connectivity index (χ4n) is 5.27. The summed E-state index contributed by atoms with van der Waals surface area (Å²) in [5, 5.41) is 16.8. The summed E-state index contributed by atoms with van der Waals surface area (Å²) >= 11 is 0. The van der Waals surface area contributed by atoms with Gasteiger partial charge in [0.05, 0.1) is 39.1 Å². The van der Waals surface area contributed by atoms with Crippen molar-refractivity contribution in [2.75, 3.05) is 46.6 Å². The fourth-order valence-corrected chi connectivity index (χ4v) is 5.27. The van der Waals surface area contributed by atoms with Crippen LogP contribution in [0.3, 0.4) is 0 Å². The fraction of sp³-hybridized carbons (Fsp3) is 0.581. The molecule has 1 aliphatic carbocycles. The molecule has 5 atom stereocenters. The van der Waals surface area contributed by atoms with Crippen LogP contribution >= 0.6 is 0 Å². The summed E-state index contributed by atoms with van der Waals surface area (Å²) in [4.78, 5) is 57.4. The standard InChI is InChI=1S/C31H42N4O8/c1-20(33-26(36)18-35-12-14-42-15-13-35)29(39)32-17-24(27(37)22-8-10-23(41-3)11-9-22)30(40)34-25(16-21-6-4-5-7-21)28(38)31(2)19-43-31/h6,8-11,17,20,24-25,27,37H,4-5,7,12-16,18-19H2,1-3H3,(H,33,36)(H,34,40)/p+1/t20-,24?,25-,27+,31+/m0/s1. The molecular formula is C31H43N4O8+. The summed E-state index contributed by atoms with van der Waals surface area (Å²) in [5.74, 6) is -2.60. The van der Waals surface area contributed by atoms with Crippen LogP contribution in [0.1, 0.15) is 51.2 Å². The number of carbonyl (C=O) groups excluding carboxylic acids is 4. The van der Waals surface area contributed by atoms with Gasteiger partial charge in [0.25, 0.3) is 11.8 Å². The quantitative estimate of drug-likeness (QED) is 0.129. The molecule has 3 amide bonds. The van der Waals surface area contributed by atoms with Gasteiger partial charge in [-0.25, -0.2) is 4.99 Å². The van der Waals surface area contributed by atoms with E-state index in [4.69, 9.17) is 14.2 Å². The zero-order valence-electron chi connectivity index (χ0n) is 25.1. The van der Waals surface area contributed by atoms with Crippen molar-refractivity contribution in [2.24, 2.45) is 10.9 Å². The summed E-state index contributed by atoms with van der Waals surface area (Å²) in [7, 11) is 1.52. The Morgan fingerprint density at radius 2 is 1.86 bits per heavy atom. The molecule has 0 aromatic heterocycles. The highest BCUT2D eigenvalue weighted by molar-refractivity contribution is 6.02. The molecule has 0 radical (unpaired) electrons. The van der Waals surface area contributed by atoms with Gasteiger partial charge >= 0.3 is 0 Å². The van der Waals surface area contributed by atoms with Crippen molar-refractivity contribution in [3.05, 3.63) is 41.5 Å². The van der Waals surface area contributed by atoms with E-state index in [1.54, 1.807) is 31.2 Å². The van der Waals surface area contributed by atoms with Gasteiger partial charge in [-0.3, -0.25) is 19.2 Å². The zero-order valence-corrected chi connectivity index (χ0v) is 25.1. The molecule has 43 heavy (non-hydrogen) atoms. The van der Waals surface area contributed by atoms with E-state index in [1.807, 2.05) is 0 Å². The number of aliphatic hydroxyl groups is 1. The first kappa shape index (κ1) is 32.5. The highest BCUT2D eigenvalue weighted by Gasteiger charge is 2.50. The number of rotatable bonds is 14. The minimum atomic E-state index is -1.38. The first-order chi connectivity index (χ1) is 20.6. The third-order valence-electron chi connectivity index (χ3n) is 8.15. The van der Waals surface area contributed by atoms with Gasteiger partial charge in [0, 0.05) is 6.21 Å². The van der Waals surface area contributed by atoms with Crippen LogP contribution in [-0.4, -0.2) is 99.1 Å². The van der Waals surface area contributed by atoms with Gasteiger partial charge in [-0.2, -0.15) is 0 Å². The number of aliphatic imine (C=N–C) groups is 1. The first-order valence-electron chi connectivity index (χ1n) is 14.9. The van der Waals surface area contributed by atoms with Gasteiger partial charge < -0.3 is 34.9 Å². The van der Waals surface area contributed by atoms with Crippen LogP contribution in [0.15, 0.2) is 40.9 Å². The summed E-state index contributed by atoms with van der Waals surface area (Å²) in [6.45, 7) is 6.27. The number of nitrogens with one attached hydrogen (secondary N) is 3. The second-order valence-corrected chi connectivity index (χ2v) is 11.6. The average molecular weight is 600 g/mol. The van der Waals surface area contributed by atoms with E-state index in [0.717, 1.165) is 36.0 Å². The zero-order chi connectivity index (χ0) is 31.0. The number of quaternary nitrogens is 1. The Morgan fingerprint density at radius 3 is 2.47 bits per heavy atom. The van der Waals surface area contributed by atoms with Crippen molar-refractivity contribution in [2.45, 2.75) is 63.3 Å². The van der Waals surface area contributed by atoms with Crippen LogP contribution < -0.4 is 20.3 Å². The third kappa shape index (κ3) is 9.02. The van der Waals surface area contributed by atoms with Crippen molar-refractivity contribution in [1.82, 2.24) is 10.6 Å². The number of ether oxygens (including phenoxy) is 3. The molecule has 2 fully saturated rings. The Morgan fingerprint density at radius 1 is 1.16 bits per heavy atom. The highest BCUT2D eigenvalue weighted by atomic mass is 16.6. The molecule has 234 valence electrons. The van der Waals surface area contributed by atoms with E-state index >= 15 is 0 Å². The first-order valence-corrected chi connectivity index (χ1v) is 14.9.